The van der Waals surface area contributed by atoms with Crippen LogP contribution in [0.3, 0.4) is 0 Å². The molecule has 0 spiro atoms. The number of aryl methyl sites for hydroxylation is 2. The summed E-state index contributed by atoms with van der Waals surface area (Å²) in [5.74, 6) is 0.861. The van der Waals surface area contributed by atoms with Crippen LogP contribution >= 0.6 is 56.9 Å². The Hall–Kier alpha value is -1.07. The molecule has 4 nitrogen and oxygen atoms in total. The van der Waals surface area contributed by atoms with Crippen LogP contribution in [0.25, 0.3) is 6.08 Å². The first-order valence-corrected chi connectivity index (χ1v) is 11.7. The maximum absolute atomic E-state index is 12.9. The maximum atomic E-state index is 12.9. The molecule has 0 unspecified atom stereocenters. The van der Waals surface area contributed by atoms with Crippen LogP contribution in [0.1, 0.15) is 23.6 Å². The van der Waals surface area contributed by atoms with E-state index < -0.39 is 0 Å². The van der Waals surface area contributed by atoms with Crippen LogP contribution in [0.2, 0.25) is 0 Å². The highest BCUT2D eigenvalue weighted by molar-refractivity contribution is 14.1. The number of amidine groups is 1. The molecule has 2 aromatic carbocycles. The Kier molecular flexibility index (Phi) is 7.08. The largest absolute Gasteiger partial charge is 0.495 e. The first-order chi connectivity index (χ1) is 13.3. The summed E-state index contributed by atoms with van der Waals surface area (Å²) in [6.07, 6.45) is 1.94. The molecule has 1 heterocycles. The Labute approximate surface area is 197 Å². The Morgan fingerprint density at radius 1 is 1.18 bits per heavy atom. The van der Waals surface area contributed by atoms with Gasteiger partial charge < -0.3 is 4.74 Å². The number of hydrogen-bond acceptors (Lipinski definition) is 4. The number of aliphatic imine (C=N–C) groups is 1. The first-order valence-electron chi connectivity index (χ1n) is 8.75. The topological polar surface area (TPSA) is 41.9 Å². The van der Waals surface area contributed by atoms with Crippen LogP contribution in [0.5, 0.6) is 5.75 Å². The first kappa shape index (κ1) is 21.6. The van der Waals surface area contributed by atoms with Crippen LogP contribution < -0.4 is 4.74 Å². The smallest absolute Gasteiger partial charge is 0.266 e. The third kappa shape index (κ3) is 4.40. The van der Waals surface area contributed by atoms with Gasteiger partial charge in [-0.1, -0.05) is 18.2 Å². The molecule has 1 fully saturated rings. The zero-order valence-electron chi connectivity index (χ0n) is 16.0. The van der Waals surface area contributed by atoms with Gasteiger partial charge in [-0.2, -0.15) is 0 Å². The van der Waals surface area contributed by atoms with Crippen LogP contribution in [-0.2, 0) is 4.79 Å². The number of para-hydroxylation sites is 1. The van der Waals surface area contributed by atoms with Gasteiger partial charge in [0.2, 0.25) is 0 Å². The van der Waals surface area contributed by atoms with Crippen LogP contribution in [0, 0.1) is 21.0 Å². The van der Waals surface area contributed by atoms with Gasteiger partial charge in [-0.25, -0.2) is 4.99 Å². The van der Waals surface area contributed by atoms with E-state index in [0.29, 0.717) is 11.4 Å². The SMILES string of the molecule is CCN1C(=O)/C(=C\c2cc(I)c(OC)c(I)c2)SC1=Nc1c(C)cccc1C. The summed E-state index contributed by atoms with van der Waals surface area (Å²) in [5, 5.41) is 0.731. The summed E-state index contributed by atoms with van der Waals surface area (Å²) in [7, 11) is 1.67. The highest BCUT2D eigenvalue weighted by Gasteiger charge is 2.32. The number of amides is 1. The van der Waals surface area contributed by atoms with E-state index in [9.17, 15) is 4.79 Å². The minimum absolute atomic E-state index is 0.00155. The standard InChI is InChI=1S/C21H20I2N2O2S/c1-5-25-20(26)17(11-14-9-15(22)19(27-4)16(23)10-14)28-21(25)24-18-12(2)7-6-8-13(18)3/h6-11H,5H2,1-4H3/b17-11+,24-21?. The number of ether oxygens (including phenoxy) is 1. The fraction of sp³-hybridized carbons (Fsp3) is 0.238. The van der Waals surface area contributed by atoms with Gasteiger partial charge in [0.05, 0.1) is 24.8 Å². The normalized spacial score (nSPS) is 17.1. The molecule has 28 heavy (non-hydrogen) atoms. The quantitative estimate of drug-likeness (QED) is 0.306. The second kappa shape index (κ2) is 9.17. The Morgan fingerprint density at radius 3 is 2.32 bits per heavy atom. The van der Waals surface area contributed by atoms with Crippen LogP contribution in [0.15, 0.2) is 40.2 Å². The third-order valence-corrected chi connectivity index (χ3v) is 6.98. The molecule has 146 valence electrons. The second-order valence-corrected chi connectivity index (χ2v) is 9.65. The van der Waals surface area contributed by atoms with Crippen molar-refractivity contribution in [3.8, 4) is 5.75 Å². The molecule has 2 aromatic rings. The lowest BCUT2D eigenvalue weighted by molar-refractivity contribution is -0.122. The van der Waals surface area contributed by atoms with Crippen molar-refractivity contribution in [2.24, 2.45) is 4.99 Å². The number of carbonyl (C=O) groups is 1. The van der Waals surface area contributed by atoms with Crippen molar-refractivity contribution in [2.75, 3.05) is 13.7 Å². The van der Waals surface area contributed by atoms with Gasteiger partial charge in [-0.15, -0.1) is 0 Å². The summed E-state index contributed by atoms with van der Waals surface area (Å²) < 4.78 is 7.47. The van der Waals surface area contributed by atoms with E-state index in [0.717, 1.165) is 40.4 Å². The molecule has 0 aromatic heterocycles. The van der Waals surface area contributed by atoms with Crippen molar-refractivity contribution >= 4 is 79.8 Å². The average molecular weight is 618 g/mol. The van der Waals surface area contributed by atoms with Crippen molar-refractivity contribution in [3.05, 3.63) is 59.1 Å². The fourth-order valence-corrected chi connectivity index (χ4v) is 6.26. The molecule has 0 saturated carbocycles. The van der Waals surface area contributed by atoms with Crippen molar-refractivity contribution in [3.63, 3.8) is 0 Å². The van der Waals surface area contributed by atoms with Crippen molar-refractivity contribution in [1.82, 2.24) is 4.90 Å². The number of carbonyl (C=O) groups excluding carboxylic acids is 1. The molecule has 0 radical (unpaired) electrons. The Balaban J connectivity index is 2.00. The van der Waals surface area contributed by atoms with Gasteiger partial charge >= 0.3 is 0 Å². The number of methoxy groups -OCH3 is 1. The monoisotopic (exact) mass is 618 g/mol. The lowest BCUT2D eigenvalue weighted by Gasteiger charge is -2.13. The van der Waals surface area contributed by atoms with E-state index >= 15 is 0 Å². The van der Waals surface area contributed by atoms with Gasteiger partial charge in [0.25, 0.3) is 5.91 Å². The number of thioether (sulfide) groups is 1. The van der Waals surface area contributed by atoms with Crippen molar-refractivity contribution in [2.45, 2.75) is 20.8 Å². The van der Waals surface area contributed by atoms with Crippen molar-refractivity contribution < 1.29 is 9.53 Å². The Bertz CT molecular complexity index is 959. The van der Waals surface area contributed by atoms with Gasteiger partial charge in [0.15, 0.2) is 5.17 Å². The lowest BCUT2D eigenvalue weighted by Crippen LogP contribution is -2.28. The van der Waals surface area contributed by atoms with E-state index in [1.807, 2.05) is 57.2 Å². The number of rotatable bonds is 4. The van der Waals surface area contributed by atoms with E-state index in [4.69, 9.17) is 9.73 Å². The predicted octanol–water partition coefficient (Wildman–Crippen LogP) is 6.15. The number of hydrogen-bond donors (Lipinski definition) is 0. The second-order valence-electron chi connectivity index (χ2n) is 6.31. The van der Waals surface area contributed by atoms with E-state index in [-0.39, 0.29) is 5.91 Å². The molecule has 0 N–H and O–H groups in total. The minimum Gasteiger partial charge on any atom is -0.495 e. The summed E-state index contributed by atoms with van der Waals surface area (Å²) in [6.45, 7) is 6.65. The van der Waals surface area contributed by atoms with Gasteiger partial charge in [0, 0.05) is 6.54 Å². The highest BCUT2D eigenvalue weighted by Crippen LogP contribution is 2.36. The summed E-state index contributed by atoms with van der Waals surface area (Å²) >= 11 is 5.94. The Morgan fingerprint density at radius 2 is 1.79 bits per heavy atom. The molecule has 1 amide bonds. The predicted molar refractivity (Wildman–Crippen MR) is 134 cm³/mol. The zero-order chi connectivity index (χ0) is 20.4. The van der Waals surface area contributed by atoms with Crippen LogP contribution in [0.4, 0.5) is 5.69 Å². The van der Waals surface area contributed by atoms with E-state index in [1.165, 1.54) is 11.8 Å². The minimum atomic E-state index is -0.00155. The molecule has 3 rings (SSSR count). The van der Waals surface area contributed by atoms with E-state index in [1.54, 1.807) is 12.0 Å². The summed E-state index contributed by atoms with van der Waals surface area (Å²) in [4.78, 5) is 20.2. The molecular weight excluding hydrogens is 598 g/mol. The highest BCUT2D eigenvalue weighted by atomic mass is 127. The lowest BCUT2D eigenvalue weighted by atomic mass is 10.1. The van der Waals surface area contributed by atoms with Crippen molar-refractivity contribution in [1.29, 1.82) is 0 Å². The third-order valence-electron chi connectivity index (χ3n) is 4.37. The molecule has 0 aliphatic carbocycles. The van der Waals surface area contributed by atoms with Gasteiger partial charge in [-0.3, -0.25) is 9.69 Å². The summed E-state index contributed by atoms with van der Waals surface area (Å²) in [5.41, 5.74) is 4.13. The van der Waals surface area contributed by atoms with Gasteiger partial charge in [-0.05, 0) is 113 Å². The number of likely N-dealkylation sites (N-methyl/N-ethyl adjacent to an activating group) is 1. The molecule has 0 atom stereocenters. The van der Waals surface area contributed by atoms with Gasteiger partial charge in [0.1, 0.15) is 5.75 Å². The molecule has 0 bridgehead atoms. The molecule has 7 heteroatoms. The average Bonchev–Trinajstić information content (AvgIpc) is 2.92. The van der Waals surface area contributed by atoms with E-state index in [2.05, 4.69) is 45.2 Å². The summed E-state index contributed by atoms with van der Waals surface area (Å²) in [6, 6.07) is 10.2. The molecule has 1 aliphatic heterocycles. The number of nitrogens with zero attached hydrogens (tertiary/aromatic N) is 2. The zero-order valence-corrected chi connectivity index (χ0v) is 21.2. The molecule has 1 saturated heterocycles. The molecule has 1 aliphatic rings. The fourth-order valence-electron chi connectivity index (χ4n) is 2.96. The molecular formula is C21H20I2N2O2S. The number of halogens is 2. The maximum Gasteiger partial charge on any atom is 0.266 e. The van der Waals surface area contributed by atoms with Crippen LogP contribution in [-0.4, -0.2) is 29.6 Å². The number of benzene rings is 2.